The second kappa shape index (κ2) is 6.24. The zero-order valence-electron chi connectivity index (χ0n) is 10.3. The Balaban J connectivity index is 1.73. The maximum atomic E-state index is 12.7. The number of benzene rings is 1. The standard InChI is InChI=1S/C12H13FN4OS/c1-8-15-12(19-17-8)16-11(18)14-7-6-9-2-4-10(13)5-3-9/h2-5H,6-7H2,1H3,(H2,14,15,16,17,18). The second-order valence-electron chi connectivity index (χ2n) is 3.90. The lowest BCUT2D eigenvalue weighted by atomic mass is 10.1. The number of nitrogens with zero attached hydrogens (tertiary/aromatic N) is 2. The molecule has 0 radical (unpaired) electrons. The average molecular weight is 280 g/mol. The molecular weight excluding hydrogens is 267 g/mol. The number of carbonyl (C=O) groups is 1. The molecule has 7 heteroatoms. The Morgan fingerprint density at radius 1 is 1.37 bits per heavy atom. The molecule has 0 aliphatic carbocycles. The fraction of sp³-hybridized carbons (Fsp3) is 0.250. The van der Waals surface area contributed by atoms with Crippen molar-refractivity contribution in [3.05, 3.63) is 41.5 Å². The van der Waals surface area contributed by atoms with E-state index < -0.39 is 0 Å². The van der Waals surface area contributed by atoms with Gasteiger partial charge in [-0.15, -0.1) is 0 Å². The molecule has 0 fully saturated rings. The lowest BCUT2D eigenvalue weighted by Gasteiger charge is -2.05. The second-order valence-corrected chi connectivity index (χ2v) is 4.66. The molecule has 2 aromatic rings. The Labute approximate surface area is 114 Å². The summed E-state index contributed by atoms with van der Waals surface area (Å²) in [6, 6.07) is 5.88. The van der Waals surface area contributed by atoms with Crippen LogP contribution in [0.1, 0.15) is 11.4 Å². The predicted octanol–water partition coefficient (Wildman–Crippen LogP) is 2.35. The molecule has 5 nitrogen and oxygen atoms in total. The van der Waals surface area contributed by atoms with Crippen molar-refractivity contribution in [2.24, 2.45) is 0 Å². The minimum absolute atomic E-state index is 0.263. The topological polar surface area (TPSA) is 66.9 Å². The van der Waals surface area contributed by atoms with Gasteiger partial charge < -0.3 is 5.32 Å². The van der Waals surface area contributed by atoms with Crippen molar-refractivity contribution >= 4 is 22.7 Å². The summed E-state index contributed by atoms with van der Waals surface area (Å²) in [5.41, 5.74) is 0.966. The SMILES string of the molecule is Cc1nsc(NC(=O)NCCc2ccc(F)cc2)n1. The van der Waals surface area contributed by atoms with Crippen molar-refractivity contribution < 1.29 is 9.18 Å². The third-order valence-electron chi connectivity index (χ3n) is 2.36. The minimum Gasteiger partial charge on any atom is -0.337 e. The van der Waals surface area contributed by atoms with Gasteiger partial charge in [0.15, 0.2) is 0 Å². The number of halogens is 1. The van der Waals surface area contributed by atoms with Crippen LogP contribution >= 0.6 is 11.5 Å². The van der Waals surface area contributed by atoms with E-state index in [2.05, 4.69) is 20.0 Å². The highest BCUT2D eigenvalue weighted by molar-refractivity contribution is 7.09. The summed E-state index contributed by atoms with van der Waals surface area (Å²) in [4.78, 5) is 15.5. The third-order valence-corrected chi connectivity index (χ3v) is 3.08. The van der Waals surface area contributed by atoms with Gasteiger partial charge in [-0.1, -0.05) is 12.1 Å². The molecule has 0 aliphatic heterocycles. The van der Waals surface area contributed by atoms with Crippen molar-refractivity contribution in [3.8, 4) is 0 Å². The Bertz CT molecular complexity index is 555. The number of urea groups is 1. The number of anilines is 1. The van der Waals surface area contributed by atoms with Gasteiger partial charge >= 0.3 is 6.03 Å². The summed E-state index contributed by atoms with van der Waals surface area (Å²) in [5.74, 6) is 0.368. The van der Waals surface area contributed by atoms with E-state index in [9.17, 15) is 9.18 Å². The number of amides is 2. The Morgan fingerprint density at radius 3 is 2.74 bits per heavy atom. The van der Waals surface area contributed by atoms with Crippen LogP contribution in [0.3, 0.4) is 0 Å². The molecule has 100 valence electrons. The lowest BCUT2D eigenvalue weighted by Crippen LogP contribution is -2.30. The van der Waals surface area contributed by atoms with E-state index in [1.165, 1.54) is 12.1 Å². The van der Waals surface area contributed by atoms with Crippen LogP contribution < -0.4 is 10.6 Å². The van der Waals surface area contributed by atoms with E-state index in [0.717, 1.165) is 17.1 Å². The molecule has 2 N–H and O–H groups in total. The van der Waals surface area contributed by atoms with Gasteiger partial charge in [0.1, 0.15) is 11.6 Å². The molecule has 1 aromatic carbocycles. The van der Waals surface area contributed by atoms with Crippen LogP contribution in [0.2, 0.25) is 0 Å². The number of aryl methyl sites for hydroxylation is 1. The summed E-state index contributed by atoms with van der Waals surface area (Å²) >= 11 is 1.13. The van der Waals surface area contributed by atoms with Gasteiger partial charge in [-0.2, -0.15) is 4.37 Å². The number of aromatic nitrogens is 2. The van der Waals surface area contributed by atoms with Crippen LogP contribution in [-0.2, 0) is 6.42 Å². The Hall–Kier alpha value is -2.02. The average Bonchev–Trinajstić information content (AvgIpc) is 2.77. The van der Waals surface area contributed by atoms with Crippen molar-refractivity contribution in [1.82, 2.24) is 14.7 Å². The maximum Gasteiger partial charge on any atom is 0.321 e. The van der Waals surface area contributed by atoms with Gasteiger partial charge in [0.05, 0.1) is 0 Å². The van der Waals surface area contributed by atoms with Crippen LogP contribution in [0, 0.1) is 12.7 Å². The predicted molar refractivity (Wildman–Crippen MR) is 71.8 cm³/mol. The molecule has 0 saturated carbocycles. The highest BCUT2D eigenvalue weighted by atomic mass is 32.1. The molecule has 0 spiro atoms. The molecule has 0 bridgehead atoms. The summed E-state index contributed by atoms with van der Waals surface area (Å²) in [5, 5.41) is 5.76. The molecule has 2 rings (SSSR count). The van der Waals surface area contributed by atoms with Gasteiger partial charge in [0.25, 0.3) is 0 Å². The van der Waals surface area contributed by atoms with Gasteiger partial charge in [-0.25, -0.2) is 14.2 Å². The van der Waals surface area contributed by atoms with E-state index in [-0.39, 0.29) is 11.8 Å². The molecule has 19 heavy (non-hydrogen) atoms. The van der Waals surface area contributed by atoms with E-state index >= 15 is 0 Å². The quantitative estimate of drug-likeness (QED) is 0.903. The smallest absolute Gasteiger partial charge is 0.321 e. The number of rotatable bonds is 4. The molecule has 0 atom stereocenters. The zero-order valence-corrected chi connectivity index (χ0v) is 11.1. The first-order valence-corrected chi connectivity index (χ1v) is 6.50. The van der Waals surface area contributed by atoms with Gasteiger partial charge in [0.2, 0.25) is 5.13 Å². The van der Waals surface area contributed by atoms with E-state index in [4.69, 9.17) is 0 Å². The molecule has 0 saturated heterocycles. The number of hydrogen-bond acceptors (Lipinski definition) is 4. The molecule has 1 heterocycles. The molecular formula is C12H13FN4OS. The first-order valence-electron chi connectivity index (χ1n) is 5.73. The zero-order chi connectivity index (χ0) is 13.7. The summed E-state index contributed by atoms with van der Waals surface area (Å²) in [6.45, 7) is 2.23. The highest BCUT2D eigenvalue weighted by Gasteiger charge is 2.05. The van der Waals surface area contributed by atoms with Crippen LogP contribution in [0.25, 0.3) is 0 Å². The Kier molecular flexibility index (Phi) is 4.40. The normalized spacial score (nSPS) is 10.2. The molecule has 0 unspecified atom stereocenters. The van der Waals surface area contributed by atoms with Gasteiger partial charge in [0, 0.05) is 18.1 Å². The first-order chi connectivity index (χ1) is 9.13. The van der Waals surface area contributed by atoms with Crippen molar-refractivity contribution in [1.29, 1.82) is 0 Å². The van der Waals surface area contributed by atoms with Crippen LogP contribution in [0.5, 0.6) is 0 Å². The summed E-state index contributed by atoms with van der Waals surface area (Å²) in [7, 11) is 0. The third kappa shape index (κ3) is 4.29. The largest absolute Gasteiger partial charge is 0.337 e. The first kappa shape index (κ1) is 13.4. The van der Waals surface area contributed by atoms with Crippen LogP contribution in [0.15, 0.2) is 24.3 Å². The highest BCUT2D eigenvalue weighted by Crippen LogP contribution is 2.09. The van der Waals surface area contributed by atoms with Crippen molar-refractivity contribution in [3.63, 3.8) is 0 Å². The minimum atomic E-state index is -0.321. The molecule has 1 aromatic heterocycles. The van der Waals surface area contributed by atoms with Gasteiger partial charge in [-0.3, -0.25) is 5.32 Å². The van der Waals surface area contributed by atoms with Crippen molar-refractivity contribution in [2.75, 3.05) is 11.9 Å². The lowest BCUT2D eigenvalue weighted by molar-refractivity contribution is 0.252. The fourth-order valence-electron chi connectivity index (χ4n) is 1.46. The van der Waals surface area contributed by atoms with Crippen LogP contribution in [0.4, 0.5) is 14.3 Å². The maximum absolute atomic E-state index is 12.7. The monoisotopic (exact) mass is 280 g/mol. The number of carbonyl (C=O) groups excluding carboxylic acids is 1. The number of nitrogens with one attached hydrogen (secondary N) is 2. The van der Waals surface area contributed by atoms with E-state index in [1.807, 2.05) is 0 Å². The van der Waals surface area contributed by atoms with E-state index in [1.54, 1.807) is 19.1 Å². The van der Waals surface area contributed by atoms with Gasteiger partial charge in [-0.05, 0) is 31.0 Å². The van der Waals surface area contributed by atoms with E-state index in [0.29, 0.717) is 23.9 Å². The fourth-order valence-corrected chi connectivity index (χ4v) is 2.03. The molecule has 0 aliphatic rings. The summed E-state index contributed by atoms with van der Waals surface area (Å²) in [6.07, 6.45) is 0.642. The van der Waals surface area contributed by atoms with Crippen molar-refractivity contribution in [2.45, 2.75) is 13.3 Å². The number of hydrogen-bond donors (Lipinski definition) is 2. The summed E-state index contributed by atoms with van der Waals surface area (Å²) < 4.78 is 16.6. The van der Waals surface area contributed by atoms with Crippen LogP contribution in [-0.4, -0.2) is 21.9 Å². The molecule has 2 amide bonds. The Morgan fingerprint density at radius 2 is 2.11 bits per heavy atom.